The molecule has 0 aromatic heterocycles. The van der Waals surface area contributed by atoms with E-state index in [1.807, 2.05) is 6.08 Å². The van der Waals surface area contributed by atoms with Crippen molar-refractivity contribution in [1.82, 2.24) is 5.32 Å². The smallest absolute Gasteiger partial charge is 0.306 e. The van der Waals surface area contributed by atoms with E-state index < -0.39 is 41.3 Å². The predicted octanol–water partition coefficient (Wildman–Crippen LogP) is 4.08. The normalized spacial score (nSPS) is 33.4. The van der Waals surface area contributed by atoms with Crippen LogP contribution in [0.1, 0.15) is 104 Å². The number of amides is 1. The van der Waals surface area contributed by atoms with Crippen LogP contribution in [0.2, 0.25) is 0 Å². The monoisotopic (exact) mass is 587 g/mol. The highest BCUT2D eigenvalue weighted by Crippen LogP contribution is 2.68. The Morgan fingerprint density at radius 1 is 0.952 bits per heavy atom. The topological polar surface area (TPSA) is 153 Å². The van der Waals surface area contributed by atoms with E-state index in [9.17, 15) is 28.8 Å². The number of ether oxygens (including phenoxy) is 2. The SMILES string of the molecule is CC(=O)O[C@]1(C(=O)COC(=O)CCC(=O)NCCCCC(=O)O)CC[C@H]2[C@@H]3CCC4=CC(=O)CC[C@]4(C)[C@H]3CC[C@@]21C. The fourth-order valence-corrected chi connectivity index (χ4v) is 8.75. The minimum absolute atomic E-state index is 0.0187. The minimum Gasteiger partial charge on any atom is -0.481 e. The molecule has 0 unspecified atom stereocenters. The molecule has 4 aliphatic rings. The van der Waals surface area contributed by atoms with Crippen molar-refractivity contribution >= 4 is 35.4 Å². The second-order valence-corrected chi connectivity index (χ2v) is 13.2. The summed E-state index contributed by atoms with van der Waals surface area (Å²) in [6.07, 6.45) is 8.52. The molecule has 3 saturated carbocycles. The number of nitrogens with one attached hydrogen (secondary N) is 1. The molecule has 2 N–H and O–H groups in total. The average molecular weight is 588 g/mol. The predicted molar refractivity (Wildman–Crippen MR) is 151 cm³/mol. The Bertz CT molecular complexity index is 1160. The third-order valence-corrected chi connectivity index (χ3v) is 10.9. The molecule has 232 valence electrons. The number of esters is 2. The highest BCUT2D eigenvalue weighted by atomic mass is 16.6. The number of ketones is 2. The van der Waals surface area contributed by atoms with Gasteiger partial charge in [0.25, 0.3) is 0 Å². The molecule has 0 spiro atoms. The Labute approximate surface area is 247 Å². The number of hydrogen-bond donors (Lipinski definition) is 2. The number of rotatable bonds is 12. The molecule has 4 rings (SSSR count). The Kier molecular flexibility index (Phi) is 9.62. The maximum absolute atomic E-state index is 13.8. The molecule has 0 bridgehead atoms. The highest BCUT2D eigenvalue weighted by Gasteiger charge is 2.68. The van der Waals surface area contributed by atoms with Gasteiger partial charge in [-0.3, -0.25) is 28.8 Å². The van der Waals surface area contributed by atoms with Crippen LogP contribution >= 0.6 is 0 Å². The van der Waals surface area contributed by atoms with Gasteiger partial charge in [-0.05, 0) is 87.0 Å². The van der Waals surface area contributed by atoms with E-state index in [1.165, 1.54) is 12.5 Å². The quantitative estimate of drug-likeness (QED) is 0.254. The third kappa shape index (κ3) is 6.18. The first-order chi connectivity index (χ1) is 19.8. The van der Waals surface area contributed by atoms with Gasteiger partial charge in [-0.2, -0.15) is 0 Å². The lowest BCUT2D eigenvalue weighted by Gasteiger charge is -2.59. The molecule has 0 saturated heterocycles. The Hall–Kier alpha value is -3.04. The summed E-state index contributed by atoms with van der Waals surface area (Å²) < 4.78 is 11.2. The first-order valence-corrected chi connectivity index (χ1v) is 15.4. The number of carbonyl (C=O) groups is 6. The van der Waals surface area contributed by atoms with Crippen LogP contribution in [0.5, 0.6) is 0 Å². The number of allylic oxidation sites excluding steroid dienone is 1. The standard InChI is InChI=1S/C32H45NO9/c1-20(34)42-32(26(36)19-41-29(40)10-9-27(37)33-17-5-4-6-28(38)39)16-13-25-23-8-7-21-18-22(35)11-14-30(21,2)24(23)12-15-31(25,32)3/h18,23-25H,4-17,19H2,1-3H3,(H,33,37)(H,38,39)/t23-,24+,25+,30+,31+,32+/m1/s1. The average Bonchev–Trinajstić information content (AvgIpc) is 3.22. The first kappa shape index (κ1) is 31.9. The van der Waals surface area contributed by atoms with E-state index in [1.54, 1.807) is 0 Å². The molecule has 3 fully saturated rings. The van der Waals surface area contributed by atoms with Gasteiger partial charge in [0.15, 0.2) is 18.0 Å². The van der Waals surface area contributed by atoms with Gasteiger partial charge >= 0.3 is 17.9 Å². The molecule has 0 radical (unpaired) electrons. The van der Waals surface area contributed by atoms with Gasteiger partial charge in [-0.25, -0.2) is 0 Å². The molecule has 4 aliphatic carbocycles. The zero-order valence-electron chi connectivity index (χ0n) is 25.1. The molecule has 0 heterocycles. The lowest BCUT2D eigenvalue weighted by Crippen LogP contribution is -2.59. The second-order valence-electron chi connectivity index (χ2n) is 13.2. The van der Waals surface area contributed by atoms with Gasteiger partial charge in [0.05, 0.1) is 6.42 Å². The summed E-state index contributed by atoms with van der Waals surface area (Å²) in [5, 5.41) is 11.3. The summed E-state index contributed by atoms with van der Waals surface area (Å²) >= 11 is 0. The van der Waals surface area contributed by atoms with Crippen molar-refractivity contribution in [2.45, 2.75) is 110 Å². The zero-order valence-corrected chi connectivity index (χ0v) is 25.1. The number of fused-ring (bicyclic) bond motifs is 5. The number of unbranched alkanes of at least 4 members (excludes halogenated alkanes) is 1. The van der Waals surface area contributed by atoms with Crippen LogP contribution < -0.4 is 5.32 Å². The lowest BCUT2D eigenvalue weighted by atomic mass is 9.46. The molecular weight excluding hydrogens is 542 g/mol. The van der Waals surface area contributed by atoms with Crippen LogP contribution in [-0.2, 0) is 38.2 Å². The highest BCUT2D eigenvalue weighted by molar-refractivity contribution is 5.93. The fraction of sp³-hybridized carbons (Fsp3) is 0.750. The van der Waals surface area contributed by atoms with E-state index in [-0.39, 0.29) is 42.3 Å². The van der Waals surface area contributed by atoms with Gasteiger partial charge in [0, 0.05) is 38.1 Å². The van der Waals surface area contributed by atoms with Crippen LogP contribution in [0.25, 0.3) is 0 Å². The first-order valence-electron chi connectivity index (χ1n) is 15.4. The van der Waals surface area contributed by atoms with Crippen LogP contribution in [0.3, 0.4) is 0 Å². The van der Waals surface area contributed by atoms with Crippen molar-refractivity contribution in [2.75, 3.05) is 13.2 Å². The van der Waals surface area contributed by atoms with Crippen LogP contribution in [0, 0.1) is 28.6 Å². The zero-order chi connectivity index (χ0) is 30.7. The van der Waals surface area contributed by atoms with E-state index in [0.717, 1.165) is 32.1 Å². The molecule has 10 nitrogen and oxygen atoms in total. The van der Waals surface area contributed by atoms with E-state index in [0.29, 0.717) is 50.5 Å². The van der Waals surface area contributed by atoms with Crippen LogP contribution in [-0.4, -0.2) is 59.2 Å². The molecule has 0 aromatic carbocycles. The molecule has 0 aliphatic heterocycles. The number of hydrogen-bond acceptors (Lipinski definition) is 8. The third-order valence-electron chi connectivity index (χ3n) is 10.9. The largest absolute Gasteiger partial charge is 0.481 e. The van der Waals surface area contributed by atoms with Gasteiger partial charge in [-0.1, -0.05) is 19.4 Å². The van der Waals surface area contributed by atoms with Crippen LogP contribution in [0.4, 0.5) is 0 Å². The van der Waals surface area contributed by atoms with Gasteiger partial charge in [-0.15, -0.1) is 0 Å². The van der Waals surface area contributed by atoms with Gasteiger partial charge in [0.2, 0.25) is 11.7 Å². The Morgan fingerprint density at radius 2 is 1.69 bits per heavy atom. The molecule has 10 heteroatoms. The number of carboxylic acids is 1. The summed E-state index contributed by atoms with van der Waals surface area (Å²) in [7, 11) is 0. The van der Waals surface area contributed by atoms with Gasteiger partial charge < -0.3 is 19.9 Å². The van der Waals surface area contributed by atoms with Crippen LogP contribution in [0.15, 0.2) is 11.6 Å². The van der Waals surface area contributed by atoms with Crippen molar-refractivity contribution in [3.8, 4) is 0 Å². The Balaban J connectivity index is 1.37. The summed E-state index contributed by atoms with van der Waals surface area (Å²) in [5.41, 5.74) is -0.717. The maximum atomic E-state index is 13.8. The number of carboxylic acid groups (broad SMARTS) is 1. The van der Waals surface area contributed by atoms with E-state index >= 15 is 0 Å². The molecule has 0 aromatic rings. The summed E-state index contributed by atoms with van der Waals surface area (Å²) in [5.74, 6) is -1.72. The molecule has 42 heavy (non-hydrogen) atoms. The van der Waals surface area contributed by atoms with Gasteiger partial charge in [0.1, 0.15) is 0 Å². The van der Waals surface area contributed by atoms with Crippen molar-refractivity contribution < 1.29 is 43.3 Å². The fourth-order valence-electron chi connectivity index (χ4n) is 8.75. The van der Waals surface area contributed by atoms with E-state index in [4.69, 9.17) is 14.6 Å². The number of Topliss-reactive ketones (excluding diaryl/α,β-unsaturated/α-hetero) is 1. The van der Waals surface area contributed by atoms with Crippen molar-refractivity contribution in [3.63, 3.8) is 0 Å². The summed E-state index contributed by atoms with van der Waals surface area (Å²) in [6, 6.07) is 0. The lowest BCUT2D eigenvalue weighted by molar-refractivity contribution is -0.191. The number of carbonyl (C=O) groups excluding carboxylic acids is 5. The molecule has 1 amide bonds. The summed E-state index contributed by atoms with van der Waals surface area (Å²) in [4.78, 5) is 73.3. The Morgan fingerprint density at radius 3 is 2.40 bits per heavy atom. The van der Waals surface area contributed by atoms with Crippen molar-refractivity contribution in [1.29, 1.82) is 0 Å². The minimum atomic E-state index is -1.37. The second kappa shape index (κ2) is 12.7. The summed E-state index contributed by atoms with van der Waals surface area (Å²) in [6.45, 7) is 5.46. The maximum Gasteiger partial charge on any atom is 0.306 e. The van der Waals surface area contributed by atoms with E-state index in [2.05, 4.69) is 19.2 Å². The molecule has 6 atom stereocenters. The molecular formula is C32H45NO9. The number of aliphatic carboxylic acids is 1. The van der Waals surface area contributed by atoms with Crippen molar-refractivity contribution in [3.05, 3.63) is 11.6 Å². The van der Waals surface area contributed by atoms with Crippen molar-refractivity contribution in [2.24, 2.45) is 28.6 Å².